The summed E-state index contributed by atoms with van der Waals surface area (Å²) in [4.78, 5) is 28.1. The zero-order valence-electron chi connectivity index (χ0n) is 15.7. The third kappa shape index (κ3) is 4.35. The van der Waals surface area contributed by atoms with Gasteiger partial charge in [0.05, 0.1) is 17.3 Å². The second-order valence-electron chi connectivity index (χ2n) is 6.82. The van der Waals surface area contributed by atoms with Crippen LogP contribution in [0.1, 0.15) is 29.8 Å². The predicted octanol–water partition coefficient (Wildman–Crippen LogP) is 3.89. The number of nitrogens with one attached hydrogen (secondary N) is 1. The molecule has 0 aliphatic carbocycles. The fourth-order valence-electron chi connectivity index (χ4n) is 2.62. The highest BCUT2D eigenvalue weighted by atomic mass is 16.5. The van der Waals surface area contributed by atoms with Crippen molar-refractivity contribution in [2.45, 2.75) is 19.3 Å². The Morgan fingerprint density at radius 3 is 2.39 bits per heavy atom. The number of aromatic nitrogens is 1. The number of carbonyl (C=O) groups is 2. The van der Waals surface area contributed by atoms with Gasteiger partial charge >= 0.3 is 0 Å². The summed E-state index contributed by atoms with van der Waals surface area (Å²) in [6.07, 6.45) is 1.52. The number of benzene rings is 2. The van der Waals surface area contributed by atoms with E-state index in [2.05, 4.69) is 10.3 Å². The Kier molecular flexibility index (Phi) is 5.40. The first-order chi connectivity index (χ1) is 13.4. The molecule has 6 nitrogen and oxygen atoms in total. The molecule has 0 bridgehead atoms. The highest BCUT2D eigenvalue weighted by Gasteiger charge is 2.29. The Morgan fingerprint density at radius 1 is 1.00 bits per heavy atom. The molecular formula is C22H21N3O3. The lowest BCUT2D eigenvalue weighted by Crippen LogP contribution is -2.34. The number of pyridine rings is 1. The van der Waals surface area contributed by atoms with Crippen molar-refractivity contribution in [1.29, 1.82) is 0 Å². The number of rotatable bonds is 6. The van der Waals surface area contributed by atoms with E-state index in [0.717, 1.165) is 5.56 Å². The van der Waals surface area contributed by atoms with E-state index in [-0.39, 0.29) is 5.91 Å². The molecular weight excluding hydrogens is 354 g/mol. The van der Waals surface area contributed by atoms with Gasteiger partial charge in [-0.1, -0.05) is 36.4 Å². The zero-order chi connectivity index (χ0) is 20.1. The van der Waals surface area contributed by atoms with Gasteiger partial charge in [-0.05, 0) is 43.7 Å². The summed E-state index contributed by atoms with van der Waals surface area (Å²) in [7, 11) is 0. The van der Waals surface area contributed by atoms with Crippen LogP contribution in [0.2, 0.25) is 0 Å². The molecule has 3 rings (SSSR count). The molecule has 28 heavy (non-hydrogen) atoms. The van der Waals surface area contributed by atoms with Crippen molar-refractivity contribution in [3.8, 4) is 11.6 Å². The minimum atomic E-state index is -0.689. The van der Waals surface area contributed by atoms with Crippen LogP contribution in [0.25, 0.3) is 0 Å². The van der Waals surface area contributed by atoms with E-state index < -0.39 is 11.3 Å². The van der Waals surface area contributed by atoms with Gasteiger partial charge in [0.2, 0.25) is 17.7 Å². The first-order valence-corrected chi connectivity index (χ1v) is 8.77. The smallest absolute Gasteiger partial charge is 0.248 e. The Bertz CT molecular complexity index is 983. The molecule has 6 heteroatoms. The Hall–Kier alpha value is -3.67. The molecule has 2 aromatic carbocycles. The lowest BCUT2D eigenvalue weighted by atomic mass is 9.84. The Morgan fingerprint density at radius 2 is 1.75 bits per heavy atom. The summed E-state index contributed by atoms with van der Waals surface area (Å²) in [6, 6.07) is 19.5. The van der Waals surface area contributed by atoms with Crippen molar-refractivity contribution >= 4 is 17.5 Å². The van der Waals surface area contributed by atoms with Crippen LogP contribution in [0.4, 0.5) is 5.69 Å². The number of carbonyl (C=O) groups excluding carboxylic acids is 2. The summed E-state index contributed by atoms with van der Waals surface area (Å²) in [5.74, 6) is 0.119. The monoisotopic (exact) mass is 375 g/mol. The van der Waals surface area contributed by atoms with Gasteiger partial charge < -0.3 is 15.8 Å². The van der Waals surface area contributed by atoms with E-state index in [4.69, 9.17) is 10.5 Å². The molecule has 3 aromatic rings. The molecule has 1 aromatic heterocycles. The predicted molar refractivity (Wildman–Crippen MR) is 107 cm³/mol. The molecule has 0 aliphatic rings. The third-order valence-corrected chi connectivity index (χ3v) is 4.40. The zero-order valence-corrected chi connectivity index (χ0v) is 15.7. The van der Waals surface area contributed by atoms with Crippen molar-refractivity contribution in [3.05, 3.63) is 84.1 Å². The van der Waals surface area contributed by atoms with Crippen LogP contribution in [0, 0.1) is 0 Å². The number of hydrogen-bond donors (Lipinski definition) is 2. The van der Waals surface area contributed by atoms with Gasteiger partial charge in [-0.15, -0.1) is 0 Å². The van der Waals surface area contributed by atoms with Crippen LogP contribution in [0.3, 0.4) is 0 Å². The van der Waals surface area contributed by atoms with Gasteiger partial charge in [0.1, 0.15) is 5.75 Å². The number of nitrogens with two attached hydrogens (primary N) is 1. The van der Waals surface area contributed by atoms with Crippen molar-refractivity contribution in [2.24, 2.45) is 5.73 Å². The quantitative estimate of drug-likeness (QED) is 0.683. The van der Waals surface area contributed by atoms with E-state index in [0.29, 0.717) is 22.9 Å². The third-order valence-electron chi connectivity index (χ3n) is 4.40. The molecule has 3 N–H and O–H groups in total. The van der Waals surface area contributed by atoms with Crippen LogP contribution in [-0.2, 0) is 10.2 Å². The van der Waals surface area contributed by atoms with Gasteiger partial charge in [-0.3, -0.25) is 9.59 Å². The lowest BCUT2D eigenvalue weighted by Gasteiger charge is -2.24. The molecule has 0 saturated carbocycles. The van der Waals surface area contributed by atoms with Gasteiger partial charge in [0.25, 0.3) is 0 Å². The molecule has 0 atom stereocenters. The van der Waals surface area contributed by atoms with Crippen LogP contribution in [0.5, 0.6) is 11.6 Å². The van der Waals surface area contributed by atoms with Crippen LogP contribution in [-0.4, -0.2) is 16.8 Å². The van der Waals surface area contributed by atoms with Crippen molar-refractivity contribution < 1.29 is 14.3 Å². The molecule has 0 spiro atoms. The van der Waals surface area contributed by atoms with Crippen LogP contribution in [0.15, 0.2) is 72.9 Å². The fraction of sp³-hybridized carbons (Fsp3) is 0.136. The first kappa shape index (κ1) is 19.1. The van der Waals surface area contributed by atoms with E-state index in [1.807, 2.05) is 44.2 Å². The molecule has 0 unspecified atom stereocenters. The second-order valence-corrected chi connectivity index (χ2v) is 6.82. The van der Waals surface area contributed by atoms with Gasteiger partial charge in [0.15, 0.2) is 0 Å². The first-order valence-electron chi connectivity index (χ1n) is 8.77. The molecule has 0 radical (unpaired) electrons. The number of ether oxygens (including phenoxy) is 1. The molecule has 142 valence electrons. The summed E-state index contributed by atoms with van der Waals surface area (Å²) in [5.41, 5.74) is 6.42. The molecule has 0 fully saturated rings. The van der Waals surface area contributed by atoms with Crippen molar-refractivity contribution in [2.75, 3.05) is 5.32 Å². The highest BCUT2D eigenvalue weighted by molar-refractivity contribution is 5.98. The van der Waals surface area contributed by atoms with Gasteiger partial charge in [-0.25, -0.2) is 4.98 Å². The topological polar surface area (TPSA) is 94.3 Å². The van der Waals surface area contributed by atoms with E-state index in [1.165, 1.54) is 6.20 Å². The molecule has 0 saturated heterocycles. The average Bonchev–Trinajstić information content (AvgIpc) is 2.70. The van der Waals surface area contributed by atoms with E-state index in [9.17, 15) is 9.59 Å². The van der Waals surface area contributed by atoms with Crippen LogP contribution >= 0.6 is 0 Å². The minimum absolute atomic E-state index is 0.136. The fourth-order valence-corrected chi connectivity index (χ4v) is 2.62. The number of primary amides is 1. The summed E-state index contributed by atoms with van der Waals surface area (Å²) in [6.45, 7) is 3.74. The molecule has 0 aliphatic heterocycles. The SMILES string of the molecule is CC(C)(C(=O)Nc1ccc(Oc2cccc(C(N)=O)c2)nc1)c1ccccc1. The maximum Gasteiger partial charge on any atom is 0.248 e. The Labute approximate surface area is 163 Å². The highest BCUT2D eigenvalue weighted by Crippen LogP contribution is 2.26. The molecule has 1 heterocycles. The van der Waals surface area contributed by atoms with Crippen molar-refractivity contribution in [3.63, 3.8) is 0 Å². The number of hydrogen-bond acceptors (Lipinski definition) is 4. The van der Waals surface area contributed by atoms with Crippen molar-refractivity contribution in [1.82, 2.24) is 4.98 Å². The summed E-state index contributed by atoms with van der Waals surface area (Å²) in [5, 5.41) is 2.88. The minimum Gasteiger partial charge on any atom is -0.439 e. The second kappa shape index (κ2) is 7.92. The lowest BCUT2D eigenvalue weighted by molar-refractivity contribution is -0.120. The van der Waals surface area contributed by atoms with E-state index in [1.54, 1.807) is 36.4 Å². The number of amides is 2. The average molecular weight is 375 g/mol. The largest absolute Gasteiger partial charge is 0.439 e. The number of nitrogens with zero attached hydrogens (tertiary/aromatic N) is 1. The maximum atomic E-state index is 12.7. The maximum absolute atomic E-state index is 12.7. The molecule has 2 amide bonds. The standard InChI is InChI=1S/C22H21N3O3/c1-22(2,16-8-4-3-5-9-16)21(27)25-17-11-12-19(24-14-17)28-18-10-6-7-15(13-18)20(23)26/h3-14H,1-2H3,(H2,23,26)(H,25,27). The van der Waals surface area contributed by atoms with Crippen LogP contribution < -0.4 is 15.8 Å². The summed E-state index contributed by atoms with van der Waals surface area (Å²) < 4.78 is 5.63. The summed E-state index contributed by atoms with van der Waals surface area (Å²) >= 11 is 0. The van der Waals surface area contributed by atoms with E-state index >= 15 is 0 Å². The normalized spacial score (nSPS) is 10.9. The number of anilines is 1. The van der Waals surface area contributed by atoms with Gasteiger partial charge in [0, 0.05) is 11.6 Å². The Balaban J connectivity index is 1.68. The van der Waals surface area contributed by atoms with Gasteiger partial charge in [-0.2, -0.15) is 0 Å².